The van der Waals surface area contributed by atoms with E-state index in [0.29, 0.717) is 0 Å². The van der Waals surface area contributed by atoms with Crippen LogP contribution in [-0.2, 0) is 0 Å². The molecule has 0 N–H and O–H groups in total. The standard InChI is InChI=1S/C5H11O.Li/c1-3-5(6)4-2;/h5H,3-4H2,1-2H3;/q-1;+1. The Morgan fingerprint density at radius 2 is 1.57 bits per heavy atom. The molecule has 0 aliphatic carbocycles. The van der Waals surface area contributed by atoms with Gasteiger partial charge in [0.15, 0.2) is 0 Å². The van der Waals surface area contributed by atoms with Crippen LogP contribution in [0.3, 0.4) is 0 Å². The van der Waals surface area contributed by atoms with Gasteiger partial charge in [0.1, 0.15) is 0 Å². The molecule has 0 rings (SSSR count). The fourth-order valence-electron chi connectivity index (χ4n) is 0.289. The third-order valence-corrected chi connectivity index (χ3v) is 0.911. The number of hydrogen-bond acceptors (Lipinski definition) is 1. The summed E-state index contributed by atoms with van der Waals surface area (Å²) in [6.07, 6.45) is 1.23. The van der Waals surface area contributed by atoms with Crippen LogP contribution in [0.25, 0.3) is 0 Å². The molecule has 0 bridgehead atoms. The van der Waals surface area contributed by atoms with Gasteiger partial charge in [0.2, 0.25) is 0 Å². The van der Waals surface area contributed by atoms with Crippen LogP contribution in [0.5, 0.6) is 0 Å². The predicted octanol–water partition coefficient (Wildman–Crippen LogP) is -2.46. The van der Waals surface area contributed by atoms with Crippen LogP contribution < -0.4 is 24.0 Å². The Hall–Kier alpha value is 0.557. The van der Waals surface area contributed by atoms with E-state index in [9.17, 15) is 5.11 Å². The molecule has 0 atom stereocenters. The minimum absolute atomic E-state index is 0. The predicted molar refractivity (Wildman–Crippen MR) is 24.4 cm³/mol. The Morgan fingerprint density at radius 3 is 1.57 bits per heavy atom. The van der Waals surface area contributed by atoms with Crippen LogP contribution in [-0.4, -0.2) is 6.10 Å². The molecule has 2 heteroatoms. The molecule has 0 heterocycles. The largest absolute Gasteiger partial charge is 1.00 e. The second-order valence-corrected chi connectivity index (χ2v) is 1.44. The molecule has 0 fully saturated rings. The summed E-state index contributed by atoms with van der Waals surface area (Å²) in [6.45, 7) is 3.84. The van der Waals surface area contributed by atoms with E-state index >= 15 is 0 Å². The van der Waals surface area contributed by atoms with Gasteiger partial charge in [-0.05, 0) is 0 Å². The third kappa shape index (κ3) is 6.56. The van der Waals surface area contributed by atoms with E-state index in [1.54, 1.807) is 0 Å². The maximum Gasteiger partial charge on any atom is 1.00 e. The Balaban J connectivity index is 0. The third-order valence-electron chi connectivity index (χ3n) is 0.911. The van der Waals surface area contributed by atoms with Gasteiger partial charge in [0, 0.05) is 0 Å². The molecule has 0 aromatic rings. The molecule has 0 unspecified atom stereocenters. The fourth-order valence-corrected chi connectivity index (χ4v) is 0.289. The van der Waals surface area contributed by atoms with Gasteiger partial charge in [-0.25, -0.2) is 0 Å². The summed E-state index contributed by atoms with van der Waals surface area (Å²) in [5, 5.41) is 10.3. The molecule has 0 radical (unpaired) electrons. The SMILES string of the molecule is CCC([O-])CC.[Li+]. The van der Waals surface area contributed by atoms with Crippen LogP contribution >= 0.6 is 0 Å². The van der Waals surface area contributed by atoms with E-state index in [2.05, 4.69) is 0 Å². The smallest absolute Gasteiger partial charge is 0.852 e. The van der Waals surface area contributed by atoms with Crippen molar-refractivity contribution in [2.75, 3.05) is 0 Å². The molecular formula is C5H11LiO. The zero-order chi connectivity index (χ0) is 4.99. The quantitative estimate of drug-likeness (QED) is 0.348. The molecular weight excluding hydrogens is 83.0 g/mol. The molecule has 0 saturated heterocycles. The molecule has 0 aromatic carbocycles. The summed E-state index contributed by atoms with van der Waals surface area (Å²) in [4.78, 5) is 0. The van der Waals surface area contributed by atoms with Gasteiger partial charge in [0.05, 0.1) is 0 Å². The van der Waals surface area contributed by atoms with E-state index in [0.717, 1.165) is 12.8 Å². The van der Waals surface area contributed by atoms with Gasteiger partial charge in [-0.1, -0.05) is 26.7 Å². The minimum Gasteiger partial charge on any atom is -0.852 e. The van der Waals surface area contributed by atoms with Crippen molar-refractivity contribution in [3.05, 3.63) is 0 Å². The maximum atomic E-state index is 10.3. The zero-order valence-electron chi connectivity index (χ0n) is 5.40. The van der Waals surface area contributed by atoms with Crippen LogP contribution in [0.1, 0.15) is 26.7 Å². The average Bonchev–Trinajstić information content (AvgIpc) is 1.65. The summed E-state index contributed by atoms with van der Waals surface area (Å²) in [5.41, 5.74) is 0. The summed E-state index contributed by atoms with van der Waals surface area (Å²) in [6, 6.07) is 0. The summed E-state index contributed by atoms with van der Waals surface area (Å²) >= 11 is 0. The minimum atomic E-state index is -0.315. The van der Waals surface area contributed by atoms with Gasteiger partial charge in [-0.3, -0.25) is 0 Å². The molecule has 0 spiro atoms. The molecule has 0 aromatic heterocycles. The van der Waals surface area contributed by atoms with Gasteiger partial charge in [0.25, 0.3) is 0 Å². The van der Waals surface area contributed by atoms with Crippen molar-refractivity contribution < 1.29 is 24.0 Å². The van der Waals surface area contributed by atoms with Gasteiger partial charge < -0.3 is 5.11 Å². The van der Waals surface area contributed by atoms with Crippen molar-refractivity contribution in [2.24, 2.45) is 0 Å². The summed E-state index contributed by atoms with van der Waals surface area (Å²) < 4.78 is 0. The van der Waals surface area contributed by atoms with Crippen molar-refractivity contribution in [1.29, 1.82) is 0 Å². The van der Waals surface area contributed by atoms with E-state index in [-0.39, 0.29) is 25.0 Å². The number of hydrogen-bond donors (Lipinski definition) is 0. The first-order chi connectivity index (χ1) is 2.81. The molecule has 0 aliphatic rings. The first-order valence-corrected chi connectivity index (χ1v) is 2.47. The van der Waals surface area contributed by atoms with Crippen molar-refractivity contribution >= 4 is 0 Å². The van der Waals surface area contributed by atoms with Crippen LogP contribution in [0.2, 0.25) is 0 Å². The van der Waals surface area contributed by atoms with Crippen LogP contribution in [0, 0.1) is 0 Å². The van der Waals surface area contributed by atoms with Crippen molar-refractivity contribution in [1.82, 2.24) is 0 Å². The Labute approximate surface area is 57.3 Å². The van der Waals surface area contributed by atoms with Crippen LogP contribution in [0.4, 0.5) is 0 Å². The second-order valence-electron chi connectivity index (χ2n) is 1.44. The van der Waals surface area contributed by atoms with Gasteiger partial charge >= 0.3 is 18.9 Å². The topological polar surface area (TPSA) is 23.1 Å². The first kappa shape index (κ1) is 10.5. The molecule has 0 amide bonds. The molecule has 7 heavy (non-hydrogen) atoms. The first-order valence-electron chi connectivity index (χ1n) is 2.47. The van der Waals surface area contributed by atoms with Gasteiger partial charge in [-0.2, -0.15) is 0 Å². The maximum absolute atomic E-state index is 10.3. The van der Waals surface area contributed by atoms with Crippen molar-refractivity contribution in [2.45, 2.75) is 32.8 Å². The molecule has 0 saturated carbocycles. The fraction of sp³-hybridized carbons (Fsp3) is 1.00. The Bertz CT molecular complexity index is 27.3. The number of rotatable bonds is 2. The summed E-state index contributed by atoms with van der Waals surface area (Å²) in [7, 11) is 0. The molecule has 38 valence electrons. The normalized spacial score (nSPS) is 8.57. The van der Waals surface area contributed by atoms with E-state index in [4.69, 9.17) is 0 Å². The van der Waals surface area contributed by atoms with Gasteiger partial charge in [-0.15, -0.1) is 6.10 Å². The molecule has 0 aliphatic heterocycles. The van der Waals surface area contributed by atoms with E-state index in [1.807, 2.05) is 13.8 Å². The Kier molecular flexibility index (Phi) is 9.86. The Morgan fingerprint density at radius 1 is 1.29 bits per heavy atom. The second kappa shape index (κ2) is 6.56. The van der Waals surface area contributed by atoms with E-state index < -0.39 is 0 Å². The summed E-state index contributed by atoms with van der Waals surface area (Å²) in [5.74, 6) is 0. The van der Waals surface area contributed by atoms with Crippen molar-refractivity contribution in [3.63, 3.8) is 0 Å². The zero-order valence-corrected chi connectivity index (χ0v) is 5.40. The monoisotopic (exact) mass is 94.1 g/mol. The average molecular weight is 94.1 g/mol. The van der Waals surface area contributed by atoms with Crippen LogP contribution in [0.15, 0.2) is 0 Å². The van der Waals surface area contributed by atoms with Crippen molar-refractivity contribution in [3.8, 4) is 0 Å². The molecule has 1 nitrogen and oxygen atoms in total. The van der Waals surface area contributed by atoms with E-state index in [1.165, 1.54) is 0 Å².